The van der Waals surface area contributed by atoms with Gasteiger partial charge >= 0.3 is 0 Å². The molecule has 84 valence electrons. The van der Waals surface area contributed by atoms with Gasteiger partial charge in [-0.3, -0.25) is 0 Å². The molecule has 0 atom stereocenters. The highest BCUT2D eigenvalue weighted by Crippen LogP contribution is 2.03. The lowest BCUT2D eigenvalue weighted by Gasteiger charge is -1.98. The smallest absolute Gasteiger partial charge is 0.0481 e. The summed E-state index contributed by atoms with van der Waals surface area (Å²) in [4.78, 5) is 0. The second kappa shape index (κ2) is 5.36. The summed E-state index contributed by atoms with van der Waals surface area (Å²) in [7, 11) is 2.07. The highest BCUT2D eigenvalue weighted by molar-refractivity contribution is 5.55. The van der Waals surface area contributed by atoms with Crippen molar-refractivity contribution in [3.05, 3.63) is 53.2 Å². The first-order valence-electron chi connectivity index (χ1n) is 5.40. The molecule has 1 aromatic heterocycles. The summed E-state index contributed by atoms with van der Waals surface area (Å²) < 4.78 is 2.17. The topological polar surface area (TPSA) is 4.93 Å². The van der Waals surface area contributed by atoms with Crippen LogP contribution in [0, 0.1) is 6.92 Å². The zero-order chi connectivity index (χ0) is 12.1. The quantitative estimate of drug-likeness (QED) is 0.679. The lowest BCUT2D eigenvalue weighted by molar-refractivity contribution is 0.875. The molecule has 0 aliphatic rings. The highest BCUT2D eigenvalue weighted by atomic mass is 14.9. The van der Waals surface area contributed by atoms with E-state index >= 15 is 0 Å². The van der Waals surface area contributed by atoms with E-state index in [1.54, 1.807) is 6.08 Å². The zero-order valence-corrected chi connectivity index (χ0v) is 10.3. The van der Waals surface area contributed by atoms with Gasteiger partial charge in [0, 0.05) is 18.1 Å². The van der Waals surface area contributed by atoms with Crippen LogP contribution in [0.1, 0.15) is 18.2 Å². The molecule has 0 bridgehead atoms. The minimum atomic E-state index is 1.19. The lowest BCUT2D eigenvalue weighted by atomic mass is 10.2. The Labute approximate surface area is 97.4 Å². The van der Waals surface area contributed by atoms with Gasteiger partial charge in [-0.25, -0.2) is 0 Å². The monoisotopic (exact) mass is 213 g/mol. The van der Waals surface area contributed by atoms with E-state index in [-0.39, 0.29) is 0 Å². The number of aromatic nitrogens is 1. The van der Waals surface area contributed by atoms with Crippen molar-refractivity contribution < 1.29 is 0 Å². The van der Waals surface area contributed by atoms with Crippen molar-refractivity contribution in [2.45, 2.75) is 13.8 Å². The molecule has 0 spiro atoms. The van der Waals surface area contributed by atoms with Crippen LogP contribution in [-0.4, -0.2) is 4.57 Å². The molecule has 0 aliphatic heterocycles. The Morgan fingerprint density at radius 2 is 1.88 bits per heavy atom. The van der Waals surface area contributed by atoms with Gasteiger partial charge in [-0.1, -0.05) is 37.5 Å². The van der Waals surface area contributed by atoms with Gasteiger partial charge in [-0.05, 0) is 36.8 Å². The Hall–Kier alpha value is -1.76. The standard InChI is InChI=1S/C15H19N/c1-6-9-11-14-12(4)13(8-3)15(10-7-2)16(14)5/h6-11H,1-2H2,3-5H3/b11-9-,13-8-,15-10+. The molecule has 1 heterocycles. The van der Waals surface area contributed by atoms with Crippen molar-refractivity contribution in [3.63, 3.8) is 0 Å². The molecule has 0 fully saturated rings. The molecule has 0 unspecified atom stereocenters. The maximum absolute atomic E-state index is 3.76. The Bertz CT molecular complexity index is 539. The Kier molecular flexibility index (Phi) is 4.12. The molecule has 0 aromatic carbocycles. The van der Waals surface area contributed by atoms with Crippen molar-refractivity contribution in [1.82, 2.24) is 4.57 Å². The van der Waals surface area contributed by atoms with E-state index in [2.05, 4.69) is 50.8 Å². The van der Waals surface area contributed by atoms with Gasteiger partial charge in [-0.15, -0.1) is 0 Å². The van der Waals surface area contributed by atoms with Gasteiger partial charge in [0.2, 0.25) is 0 Å². The molecule has 0 radical (unpaired) electrons. The normalized spacial score (nSPS) is 13.7. The summed E-state index contributed by atoms with van der Waals surface area (Å²) in [6.45, 7) is 11.6. The number of nitrogens with zero attached hydrogens (tertiary/aromatic N) is 1. The minimum absolute atomic E-state index is 1.19. The van der Waals surface area contributed by atoms with Crippen LogP contribution in [0.15, 0.2) is 31.4 Å². The van der Waals surface area contributed by atoms with E-state index in [1.807, 2.05) is 18.2 Å². The van der Waals surface area contributed by atoms with Crippen molar-refractivity contribution in [2.24, 2.45) is 7.05 Å². The average molecular weight is 213 g/mol. The lowest BCUT2D eigenvalue weighted by Crippen LogP contribution is -2.28. The van der Waals surface area contributed by atoms with E-state index < -0.39 is 0 Å². The second-order valence-corrected chi connectivity index (χ2v) is 3.65. The Morgan fingerprint density at radius 1 is 1.19 bits per heavy atom. The van der Waals surface area contributed by atoms with Gasteiger partial charge in [-0.2, -0.15) is 0 Å². The highest BCUT2D eigenvalue weighted by Gasteiger charge is 2.04. The van der Waals surface area contributed by atoms with Crippen LogP contribution >= 0.6 is 0 Å². The fraction of sp³-hybridized carbons (Fsp3) is 0.200. The van der Waals surface area contributed by atoms with Gasteiger partial charge in [0.15, 0.2) is 0 Å². The molecule has 1 aromatic rings. The van der Waals surface area contributed by atoms with Crippen LogP contribution in [0.4, 0.5) is 0 Å². The van der Waals surface area contributed by atoms with E-state index in [0.29, 0.717) is 0 Å². The zero-order valence-electron chi connectivity index (χ0n) is 10.3. The van der Waals surface area contributed by atoms with Crippen molar-refractivity contribution in [2.75, 3.05) is 0 Å². The summed E-state index contributed by atoms with van der Waals surface area (Å²) in [5.74, 6) is 0. The molecule has 0 N–H and O–H groups in total. The molecular weight excluding hydrogens is 194 g/mol. The molecule has 16 heavy (non-hydrogen) atoms. The van der Waals surface area contributed by atoms with E-state index in [4.69, 9.17) is 0 Å². The third-order valence-electron chi connectivity index (χ3n) is 2.74. The predicted octanol–water partition coefficient (Wildman–Crippen LogP) is 2.30. The number of allylic oxidation sites excluding steroid dienone is 3. The fourth-order valence-electron chi connectivity index (χ4n) is 1.97. The van der Waals surface area contributed by atoms with Gasteiger partial charge in [0.25, 0.3) is 0 Å². The Balaban J connectivity index is 3.68. The van der Waals surface area contributed by atoms with E-state index in [9.17, 15) is 0 Å². The number of hydrogen-bond acceptors (Lipinski definition) is 0. The van der Waals surface area contributed by atoms with Crippen molar-refractivity contribution in [3.8, 4) is 0 Å². The third kappa shape index (κ3) is 2.08. The average Bonchev–Trinajstić information content (AvgIpc) is 2.50. The molecule has 0 saturated heterocycles. The molecular formula is C15H19N. The fourth-order valence-corrected chi connectivity index (χ4v) is 1.97. The van der Waals surface area contributed by atoms with Crippen LogP contribution in [-0.2, 0) is 7.05 Å². The van der Waals surface area contributed by atoms with Crippen LogP contribution in [0.25, 0.3) is 18.2 Å². The summed E-state index contributed by atoms with van der Waals surface area (Å²) in [6, 6.07) is 0. The molecule has 1 nitrogen and oxygen atoms in total. The summed E-state index contributed by atoms with van der Waals surface area (Å²) in [5.41, 5.74) is 2.50. The van der Waals surface area contributed by atoms with E-state index in [0.717, 1.165) is 0 Å². The molecule has 1 heteroatoms. The van der Waals surface area contributed by atoms with Gasteiger partial charge < -0.3 is 4.57 Å². The molecule has 0 aliphatic carbocycles. The Morgan fingerprint density at radius 3 is 2.38 bits per heavy atom. The summed E-state index contributed by atoms with van der Waals surface area (Å²) >= 11 is 0. The van der Waals surface area contributed by atoms with Crippen LogP contribution in [0.5, 0.6) is 0 Å². The first-order chi connectivity index (χ1) is 7.67. The maximum atomic E-state index is 3.76. The van der Waals surface area contributed by atoms with Crippen molar-refractivity contribution in [1.29, 1.82) is 0 Å². The minimum Gasteiger partial charge on any atom is -0.344 e. The predicted molar refractivity (Wildman–Crippen MR) is 73.4 cm³/mol. The number of rotatable bonds is 3. The number of hydrogen-bond donors (Lipinski definition) is 0. The molecule has 0 saturated carbocycles. The van der Waals surface area contributed by atoms with Crippen LogP contribution in [0.2, 0.25) is 0 Å². The first-order valence-corrected chi connectivity index (χ1v) is 5.40. The third-order valence-corrected chi connectivity index (χ3v) is 2.74. The SMILES string of the molecule is C=C/C=C\c1c(C)c(=C/C)/c(=C\C=C)n1C. The van der Waals surface area contributed by atoms with Gasteiger partial charge in [0.05, 0.1) is 0 Å². The van der Waals surface area contributed by atoms with Crippen LogP contribution in [0.3, 0.4) is 0 Å². The molecule has 0 amide bonds. The summed E-state index contributed by atoms with van der Waals surface area (Å²) in [5, 5.41) is 2.46. The first kappa shape index (κ1) is 12.3. The van der Waals surface area contributed by atoms with Crippen molar-refractivity contribution >= 4 is 18.2 Å². The largest absolute Gasteiger partial charge is 0.344 e. The second-order valence-electron chi connectivity index (χ2n) is 3.65. The van der Waals surface area contributed by atoms with Crippen LogP contribution < -0.4 is 10.6 Å². The van der Waals surface area contributed by atoms with Gasteiger partial charge in [0.1, 0.15) is 0 Å². The summed E-state index contributed by atoms with van der Waals surface area (Å²) in [6.07, 6.45) is 11.8. The molecule has 1 rings (SSSR count). The maximum Gasteiger partial charge on any atom is 0.0481 e. The van der Waals surface area contributed by atoms with E-state index in [1.165, 1.54) is 21.8 Å².